The van der Waals surface area contributed by atoms with E-state index < -0.39 is 54.4 Å². The van der Waals surface area contributed by atoms with Crippen molar-refractivity contribution in [1.82, 2.24) is 0 Å². The number of esters is 4. The molecule has 0 spiro atoms. The van der Waals surface area contributed by atoms with Crippen LogP contribution in [0.1, 0.15) is 63.3 Å². The molecule has 2 saturated heterocycles. The van der Waals surface area contributed by atoms with E-state index in [0.717, 1.165) is 29.7 Å². The number of hydrogen-bond donors (Lipinski definition) is 0. The van der Waals surface area contributed by atoms with Gasteiger partial charge >= 0.3 is 23.9 Å². The van der Waals surface area contributed by atoms with E-state index in [1.54, 1.807) is 12.1 Å². The molecule has 0 aromatic heterocycles. The third-order valence-corrected chi connectivity index (χ3v) is 7.55. The van der Waals surface area contributed by atoms with Crippen LogP contribution in [0, 0.1) is 0 Å². The highest BCUT2D eigenvalue weighted by atomic mass is 35.5. The maximum absolute atomic E-state index is 12.2. The Hall–Kier alpha value is -3.67. The molecule has 5 unspecified atom stereocenters. The van der Waals surface area contributed by atoms with E-state index in [1.807, 2.05) is 30.3 Å². The maximum atomic E-state index is 12.2. The van der Waals surface area contributed by atoms with Crippen LogP contribution in [0.25, 0.3) is 0 Å². The summed E-state index contributed by atoms with van der Waals surface area (Å²) in [6.07, 6.45) is -3.45. The van der Waals surface area contributed by atoms with Crippen LogP contribution in [0.3, 0.4) is 0 Å². The number of hydrogen-bond acceptors (Lipinski definition) is 11. The van der Waals surface area contributed by atoms with E-state index in [9.17, 15) is 19.2 Å². The summed E-state index contributed by atoms with van der Waals surface area (Å²) in [6, 6.07) is 13.0. The molecule has 238 valence electrons. The molecule has 4 rings (SSSR count). The molecule has 5 atom stereocenters. The minimum absolute atomic E-state index is 0.127. The van der Waals surface area contributed by atoms with Crippen LogP contribution < -0.4 is 4.74 Å². The van der Waals surface area contributed by atoms with Gasteiger partial charge in [-0.15, -0.1) is 0 Å². The van der Waals surface area contributed by atoms with Gasteiger partial charge in [0.25, 0.3) is 0 Å². The Bertz CT molecular complexity index is 1320. The highest BCUT2D eigenvalue weighted by Crippen LogP contribution is 2.39. The van der Waals surface area contributed by atoms with Crippen molar-refractivity contribution in [3.63, 3.8) is 0 Å². The van der Waals surface area contributed by atoms with Crippen molar-refractivity contribution in [3.05, 3.63) is 64.2 Å². The fourth-order valence-corrected chi connectivity index (χ4v) is 5.48. The molecule has 0 aliphatic carbocycles. The fraction of sp³-hybridized carbons (Fsp3) is 0.500. The standard InChI is InChI=1S/C32H37ClO11/c1-18(34)39-17-28-30(40-19(2)35)32(42-21(4)37)31(41-20(3)36)29(44-28)23-7-10-27(33)24(16-23)15-22-5-8-25(9-6-22)43-26-11-13-38-14-12-26/h5-10,16,26,28-32H,11-15,17H2,1-4H3. The van der Waals surface area contributed by atoms with Crippen molar-refractivity contribution in [2.45, 2.75) is 83.6 Å². The van der Waals surface area contributed by atoms with Crippen LogP contribution in [0.2, 0.25) is 5.02 Å². The third-order valence-electron chi connectivity index (χ3n) is 7.18. The first-order chi connectivity index (χ1) is 21.0. The van der Waals surface area contributed by atoms with Crippen molar-refractivity contribution in [3.8, 4) is 5.75 Å². The average Bonchev–Trinajstić information content (AvgIpc) is 2.96. The zero-order valence-corrected chi connectivity index (χ0v) is 25.9. The third kappa shape index (κ3) is 9.17. The summed E-state index contributed by atoms with van der Waals surface area (Å²) in [4.78, 5) is 48.1. The molecule has 2 aliphatic rings. The second-order valence-electron chi connectivity index (χ2n) is 10.7. The fourth-order valence-electron chi connectivity index (χ4n) is 5.30. The van der Waals surface area contributed by atoms with Crippen molar-refractivity contribution in [1.29, 1.82) is 0 Å². The molecule has 2 aromatic rings. The quantitative estimate of drug-likeness (QED) is 0.274. The van der Waals surface area contributed by atoms with E-state index in [0.29, 0.717) is 30.2 Å². The van der Waals surface area contributed by atoms with E-state index in [4.69, 9.17) is 44.8 Å². The van der Waals surface area contributed by atoms with Crippen LogP contribution in [0.4, 0.5) is 0 Å². The first-order valence-corrected chi connectivity index (χ1v) is 14.8. The molecular weight excluding hydrogens is 596 g/mol. The van der Waals surface area contributed by atoms with Crippen molar-refractivity contribution < 1.29 is 52.3 Å². The molecule has 2 heterocycles. The van der Waals surface area contributed by atoms with Crippen LogP contribution >= 0.6 is 11.6 Å². The zero-order chi connectivity index (χ0) is 31.8. The van der Waals surface area contributed by atoms with Gasteiger partial charge in [0.05, 0.1) is 13.2 Å². The van der Waals surface area contributed by atoms with Crippen LogP contribution in [-0.2, 0) is 54.0 Å². The van der Waals surface area contributed by atoms with Gasteiger partial charge in [0, 0.05) is 45.6 Å². The van der Waals surface area contributed by atoms with Gasteiger partial charge in [-0.3, -0.25) is 19.2 Å². The van der Waals surface area contributed by atoms with Crippen molar-refractivity contribution in [2.24, 2.45) is 0 Å². The summed E-state index contributed by atoms with van der Waals surface area (Å²) in [7, 11) is 0. The number of ether oxygens (including phenoxy) is 7. The highest BCUT2D eigenvalue weighted by molar-refractivity contribution is 6.31. The summed E-state index contributed by atoms with van der Waals surface area (Å²) in [5.41, 5.74) is 2.29. The predicted molar refractivity (Wildman–Crippen MR) is 156 cm³/mol. The summed E-state index contributed by atoms with van der Waals surface area (Å²) in [5, 5.41) is 0.502. The summed E-state index contributed by atoms with van der Waals surface area (Å²) in [5.74, 6) is -1.87. The van der Waals surface area contributed by atoms with Gasteiger partial charge in [0.2, 0.25) is 0 Å². The molecule has 2 fully saturated rings. The Morgan fingerprint density at radius 1 is 0.795 bits per heavy atom. The Morgan fingerprint density at radius 3 is 2.02 bits per heavy atom. The lowest BCUT2D eigenvalue weighted by Crippen LogP contribution is -2.59. The molecule has 0 N–H and O–H groups in total. The molecule has 0 saturated carbocycles. The molecular formula is C32H37ClO11. The molecule has 0 bridgehead atoms. The Kier molecular flexibility index (Phi) is 11.6. The number of carbonyl (C=O) groups is 4. The lowest BCUT2D eigenvalue weighted by atomic mass is 9.89. The Labute approximate surface area is 261 Å². The van der Waals surface area contributed by atoms with E-state index in [2.05, 4.69) is 0 Å². The molecule has 0 radical (unpaired) electrons. The minimum Gasteiger partial charge on any atom is -0.490 e. The van der Waals surface area contributed by atoms with Gasteiger partial charge in [-0.1, -0.05) is 35.9 Å². The number of benzene rings is 2. The molecule has 2 aromatic carbocycles. The van der Waals surface area contributed by atoms with Gasteiger partial charge in [0.1, 0.15) is 30.7 Å². The molecule has 12 heteroatoms. The van der Waals surface area contributed by atoms with E-state index >= 15 is 0 Å². The van der Waals surface area contributed by atoms with Crippen LogP contribution in [-0.4, -0.2) is 74.2 Å². The number of rotatable bonds is 10. The van der Waals surface area contributed by atoms with E-state index in [-0.39, 0.29) is 12.7 Å². The summed E-state index contributed by atoms with van der Waals surface area (Å²) < 4.78 is 39.6. The molecule has 2 aliphatic heterocycles. The number of halogens is 1. The second kappa shape index (κ2) is 15.4. The van der Waals surface area contributed by atoms with Gasteiger partial charge in [-0.05, 0) is 41.3 Å². The second-order valence-corrected chi connectivity index (χ2v) is 11.1. The molecule has 44 heavy (non-hydrogen) atoms. The van der Waals surface area contributed by atoms with Gasteiger partial charge < -0.3 is 33.2 Å². The topological polar surface area (TPSA) is 133 Å². The van der Waals surface area contributed by atoms with Crippen LogP contribution in [0.15, 0.2) is 42.5 Å². The van der Waals surface area contributed by atoms with E-state index in [1.165, 1.54) is 27.7 Å². The summed E-state index contributed by atoms with van der Waals surface area (Å²) >= 11 is 6.61. The predicted octanol–water partition coefficient (Wildman–Crippen LogP) is 4.29. The Balaban J connectivity index is 1.63. The first kappa shape index (κ1) is 33.2. The van der Waals surface area contributed by atoms with Crippen molar-refractivity contribution >= 4 is 35.5 Å². The molecule has 0 amide bonds. The smallest absolute Gasteiger partial charge is 0.303 e. The number of carbonyl (C=O) groups excluding carboxylic acids is 4. The van der Waals surface area contributed by atoms with Gasteiger partial charge in [-0.25, -0.2) is 0 Å². The minimum atomic E-state index is -1.26. The SMILES string of the molecule is CC(=O)OCC1OC(c2ccc(Cl)c(Cc3ccc(OC4CCOCC4)cc3)c2)C(OC(C)=O)C(OC(C)=O)C1OC(C)=O. The first-order valence-electron chi connectivity index (χ1n) is 14.4. The highest BCUT2D eigenvalue weighted by Gasteiger charge is 2.52. The largest absolute Gasteiger partial charge is 0.490 e. The Morgan fingerprint density at radius 2 is 1.41 bits per heavy atom. The van der Waals surface area contributed by atoms with Gasteiger partial charge in [-0.2, -0.15) is 0 Å². The van der Waals surface area contributed by atoms with Gasteiger partial charge in [0.15, 0.2) is 18.3 Å². The average molecular weight is 633 g/mol. The lowest BCUT2D eigenvalue weighted by molar-refractivity contribution is -0.254. The lowest BCUT2D eigenvalue weighted by Gasteiger charge is -2.44. The summed E-state index contributed by atoms with van der Waals surface area (Å²) in [6.45, 7) is 5.86. The molecule has 11 nitrogen and oxygen atoms in total. The normalized spacial score (nSPS) is 23.7. The van der Waals surface area contributed by atoms with Crippen LogP contribution in [0.5, 0.6) is 5.75 Å². The maximum Gasteiger partial charge on any atom is 0.303 e. The van der Waals surface area contributed by atoms with Crippen molar-refractivity contribution in [2.75, 3.05) is 19.8 Å². The zero-order valence-electron chi connectivity index (χ0n) is 25.1. The monoisotopic (exact) mass is 632 g/mol.